The number of nitrogens with one attached hydrogen (secondary N) is 2. The lowest BCUT2D eigenvalue weighted by atomic mass is 10.1. The zero-order chi connectivity index (χ0) is 22.9. The van der Waals surface area contributed by atoms with Gasteiger partial charge in [-0.05, 0) is 36.4 Å². The number of fused-ring (bicyclic) bond motifs is 1. The zero-order valence-corrected chi connectivity index (χ0v) is 18.2. The molecule has 1 fully saturated rings. The van der Waals surface area contributed by atoms with Crippen LogP contribution in [0.5, 0.6) is 0 Å². The summed E-state index contributed by atoms with van der Waals surface area (Å²) in [6.45, 7) is 1.86. The molecule has 0 aliphatic carbocycles. The molecule has 2 aromatic carbocycles. The van der Waals surface area contributed by atoms with Crippen LogP contribution in [0, 0.1) is 0 Å². The fraction of sp³-hybridized carbons (Fsp3) is 0.333. The second-order valence-corrected chi connectivity index (χ2v) is 9.00. The Bertz CT molecular complexity index is 1040. The van der Waals surface area contributed by atoms with Gasteiger partial charge in [-0.1, -0.05) is 11.6 Å². The number of ether oxygens (including phenoxy) is 1. The van der Waals surface area contributed by atoms with Crippen molar-refractivity contribution >= 4 is 52.2 Å². The summed E-state index contributed by atoms with van der Waals surface area (Å²) in [6.07, 6.45) is -4.93. The van der Waals surface area contributed by atoms with Crippen molar-refractivity contribution in [3.05, 3.63) is 47.0 Å². The van der Waals surface area contributed by atoms with Gasteiger partial charge in [0.05, 0.1) is 35.4 Å². The fourth-order valence-corrected chi connectivity index (χ4v) is 4.78. The lowest BCUT2D eigenvalue weighted by Gasteiger charge is -2.30. The number of anilines is 3. The van der Waals surface area contributed by atoms with Gasteiger partial charge in [0.15, 0.2) is 0 Å². The largest absolute Gasteiger partial charge is 0.418 e. The Morgan fingerprint density at radius 2 is 1.97 bits per heavy atom. The number of thioether (sulfide) groups is 1. The summed E-state index contributed by atoms with van der Waals surface area (Å²) in [4.78, 5) is 27.4. The summed E-state index contributed by atoms with van der Waals surface area (Å²) < 4.78 is 46.3. The number of nitrogens with zero attached hydrogens (tertiary/aromatic N) is 1. The Hall–Kier alpha value is -2.43. The van der Waals surface area contributed by atoms with Crippen LogP contribution in [0.4, 0.5) is 30.2 Å². The second kappa shape index (κ2) is 9.21. The molecule has 1 unspecified atom stereocenters. The molecule has 32 heavy (non-hydrogen) atoms. The molecule has 0 spiro atoms. The van der Waals surface area contributed by atoms with Gasteiger partial charge in [0.2, 0.25) is 11.8 Å². The maximum Gasteiger partial charge on any atom is 0.418 e. The fourth-order valence-electron chi connectivity index (χ4n) is 3.52. The standard InChI is InChI=1S/C21H19ClF3N3O3S/c22-12-1-4-17-16(9-12)27-20(30)18(32-17)11-19(29)26-15-3-2-13(10-14(15)21(23,24)25)28-5-7-31-8-6-28/h1-4,9-10,18H,5-8,11H2,(H,26,29)(H,27,30). The molecule has 2 aromatic rings. The molecule has 6 nitrogen and oxygen atoms in total. The van der Waals surface area contributed by atoms with Gasteiger partial charge >= 0.3 is 6.18 Å². The van der Waals surface area contributed by atoms with Gasteiger partial charge in [-0.3, -0.25) is 9.59 Å². The molecule has 2 amide bonds. The molecular formula is C21H19ClF3N3O3S. The Morgan fingerprint density at radius 3 is 2.69 bits per heavy atom. The van der Waals surface area contributed by atoms with Gasteiger partial charge in [0, 0.05) is 35.1 Å². The van der Waals surface area contributed by atoms with E-state index >= 15 is 0 Å². The molecule has 1 saturated heterocycles. The molecule has 0 aromatic heterocycles. The number of hydrogen-bond acceptors (Lipinski definition) is 5. The molecule has 1 atom stereocenters. The summed E-state index contributed by atoms with van der Waals surface area (Å²) in [5, 5.41) is 4.70. The Kier molecular flexibility index (Phi) is 6.55. The van der Waals surface area contributed by atoms with E-state index in [1.807, 2.05) is 0 Å². The maximum atomic E-state index is 13.7. The molecule has 170 valence electrons. The molecule has 2 aliphatic rings. The van der Waals surface area contributed by atoms with Crippen LogP contribution < -0.4 is 15.5 Å². The quantitative estimate of drug-likeness (QED) is 0.660. The maximum absolute atomic E-state index is 13.7. The van der Waals surface area contributed by atoms with E-state index in [-0.39, 0.29) is 12.1 Å². The summed E-state index contributed by atoms with van der Waals surface area (Å²) in [6, 6.07) is 8.80. The number of halogens is 4. The van der Waals surface area contributed by atoms with Crippen LogP contribution in [-0.4, -0.2) is 43.4 Å². The van der Waals surface area contributed by atoms with E-state index in [0.717, 1.165) is 11.0 Å². The van der Waals surface area contributed by atoms with Crippen LogP contribution in [0.3, 0.4) is 0 Å². The number of benzene rings is 2. The van der Waals surface area contributed by atoms with Gasteiger partial charge in [-0.15, -0.1) is 11.8 Å². The second-order valence-electron chi connectivity index (χ2n) is 7.32. The first-order valence-corrected chi connectivity index (χ1v) is 11.1. The normalized spacial score (nSPS) is 18.7. The number of alkyl halides is 3. The first-order valence-electron chi connectivity index (χ1n) is 9.81. The molecule has 2 aliphatic heterocycles. The Morgan fingerprint density at radius 1 is 1.22 bits per heavy atom. The van der Waals surface area contributed by atoms with E-state index in [4.69, 9.17) is 16.3 Å². The Labute approximate surface area is 191 Å². The van der Waals surface area contributed by atoms with Gasteiger partial charge in [-0.2, -0.15) is 13.2 Å². The zero-order valence-electron chi connectivity index (χ0n) is 16.7. The van der Waals surface area contributed by atoms with E-state index in [1.54, 1.807) is 23.1 Å². The highest BCUT2D eigenvalue weighted by Crippen LogP contribution is 2.40. The van der Waals surface area contributed by atoms with Crippen molar-refractivity contribution in [2.45, 2.75) is 22.7 Å². The number of morpholine rings is 1. The number of amides is 2. The van der Waals surface area contributed by atoms with E-state index < -0.39 is 28.8 Å². The van der Waals surface area contributed by atoms with Crippen LogP contribution in [0.15, 0.2) is 41.3 Å². The van der Waals surface area contributed by atoms with Crippen LogP contribution in [0.2, 0.25) is 5.02 Å². The highest BCUT2D eigenvalue weighted by molar-refractivity contribution is 8.01. The van der Waals surface area contributed by atoms with Gasteiger partial charge in [0.1, 0.15) is 0 Å². The van der Waals surface area contributed by atoms with Crippen LogP contribution in [0.1, 0.15) is 12.0 Å². The van der Waals surface area contributed by atoms with Crippen LogP contribution in [0.25, 0.3) is 0 Å². The Balaban J connectivity index is 1.49. The highest BCUT2D eigenvalue weighted by atomic mass is 35.5. The summed E-state index contributed by atoms with van der Waals surface area (Å²) >= 11 is 7.09. The van der Waals surface area contributed by atoms with Crippen molar-refractivity contribution in [3.63, 3.8) is 0 Å². The van der Waals surface area contributed by atoms with Crippen molar-refractivity contribution in [3.8, 4) is 0 Å². The summed E-state index contributed by atoms with van der Waals surface area (Å²) in [5.74, 6) is -1.08. The first kappa shape index (κ1) is 22.8. The van der Waals surface area contributed by atoms with Crippen molar-refractivity contribution in [1.29, 1.82) is 0 Å². The minimum absolute atomic E-state index is 0.277. The van der Waals surface area contributed by atoms with Crippen molar-refractivity contribution in [1.82, 2.24) is 0 Å². The number of rotatable bonds is 4. The average Bonchev–Trinajstić information content (AvgIpc) is 2.74. The lowest BCUT2D eigenvalue weighted by molar-refractivity contribution is -0.137. The van der Waals surface area contributed by atoms with Crippen LogP contribution >= 0.6 is 23.4 Å². The number of carbonyl (C=O) groups excluding carboxylic acids is 2. The van der Waals surface area contributed by atoms with E-state index in [1.165, 1.54) is 23.9 Å². The highest BCUT2D eigenvalue weighted by Gasteiger charge is 2.35. The summed E-state index contributed by atoms with van der Waals surface area (Å²) in [7, 11) is 0. The minimum Gasteiger partial charge on any atom is -0.378 e. The topological polar surface area (TPSA) is 70.7 Å². The predicted molar refractivity (Wildman–Crippen MR) is 117 cm³/mol. The lowest BCUT2D eigenvalue weighted by Crippen LogP contribution is -2.36. The minimum atomic E-state index is -4.65. The SMILES string of the molecule is O=C(CC1Sc2ccc(Cl)cc2NC1=O)Nc1ccc(N2CCOCC2)cc1C(F)(F)F. The van der Waals surface area contributed by atoms with Gasteiger partial charge < -0.3 is 20.3 Å². The van der Waals surface area contributed by atoms with E-state index in [0.29, 0.717) is 42.7 Å². The third-order valence-corrected chi connectivity index (χ3v) is 6.60. The third kappa shape index (κ3) is 5.13. The molecular weight excluding hydrogens is 467 g/mol. The van der Waals surface area contributed by atoms with Crippen molar-refractivity contribution < 1.29 is 27.5 Å². The smallest absolute Gasteiger partial charge is 0.378 e. The average molecular weight is 486 g/mol. The first-order chi connectivity index (χ1) is 15.2. The number of carbonyl (C=O) groups is 2. The predicted octanol–water partition coefficient (Wildman–Crippen LogP) is 4.64. The molecule has 2 heterocycles. The molecule has 11 heteroatoms. The third-order valence-electron chi connectivity index (χ3n) is 5.09. The summed E-state index contributed by atoms with van der Waals surface area (Å²) in [5.41, 5.74) is -0.318. The van der Waals surface area contributed by atoms with Crippen molar-refractivity contribution in [2.75, 3.05) is 41.8 Å². The van der Waals surface area contributed by atoms with Crippen molar-refractivity contribution in [2.24, 2.45) is 0 Å². The molecule has 0 bridgehead atoms. The molecule has 0 radical (unpaired) electrons. The van der Waals surface area contributed by atoms with Crippen LogP contribution in [-0.2, 0) is 20.5 Å². The molecule has 2 N–H and O–H groups in total. The molecule has 4 rings (SSSR count). The van der Waals surface area contributed by atoms with E-state index in [2.05, 4.69) is 10.6 Å². The van der Waals surface area contributed by atoms with Gasteiger partial charge in [0.25, 0.3) is 0 Å². The monoisotopic (exact) mass is 485 g/mol. The van der Waals surface area contributed by atoms with E-state index in [9.17, 15) is 22.8 Å². The van der Waals surface area contributed by atoms with Gasteiger partial charge in [-0.25, -0.2) is 0 Å². The molecule has 0 saturated carbocycles. The number of hydrogen-bond donors (Lipinski definition) is 2.